The predicted molar refractivity (Wildman–Crippen MR) is 72.7 cm³/mol. The highest BCUT2D eigenvalue weighted by Crippen LogP contribution is 2.34. The predicted octanol–water partition coefficient (Wildman–Crippen LogP) is 2.65. The van der Waals surface area contributed by atoms with E-state index in [4.69, 9.17) is 28.3 Å². The Kier molecular flexibility index (Phi) is 3.95. The summed E-state index contributed by atoms with van der Waals surface area (Å²) in [7, 11) is 0. The van der Waals surface area contributed by atoms with Gasteiger partial charge in [0.2, 0.25) is 5.91 Å². The SMILES string of the molecule is O=C(/C=C/c1ccc(Cl)c(Cl)c1)NC1(CO)CC1. The number of carbonyl (C=O) groups is 1. The molecule has 1 amide bonds. The van der Waals surface area contributed by atoms with E-state index in [1.807, 2.05) is 0 Å². The molecule has 0 bridgehead atoms. The van der Waals surface area contributed by atoms with Crippen LogP contribution in [0.15, 0.2) is 24.3 Å². The van der Waals surface area contributed by atoms with E-state index in [2.05, 4.69) is 5.32 Å². The molecule has 2 rings (SSSR count). The number of aliphatic hydroxyl groups excluding tert-OH is 1. The van der Waals surface area contributed by atoms with Crippen LogP contribution in [-0.4, -0.2) is 23.2 Å². The molecule has 1 aliphatic carbocycles. The van der Waals surface area contributed by atoms with E-state index < -0.39 is 0 Å². The summed E-state index contributed by atoms with van der Waals surface area (Å²) in [4.78, 5) is 11.6. The second kappa shape index (κ2) is 5.31. The molecule has 2 N–H and O–H groups in total. The normalized spacial score (nSPS) is 16.8. The van der Waals surface area contributed by atoms with Crippen LogP contribution in [0.2, 0.25) is 10.0 Å². The van der Waals surface area contributed by atoms with Gasteiger partial charge in [-0.2, -0.15) is 0 Å². The van der Waals surface area contributed by atoms with Gasteiger partial charge in [-0.1, -0.05) is 29.3 Å². The second-order valence-corrected chi connectivity index (χ2v) is 5.25. The quantitative estimate of drug-likeness (QED) is 0.836. The highest BCUT2D eigenvalue weighted by atomic mass is 35.5. The number of hydrogen-bond donors (Lipinski definition) is 2. The fraction of sp³-hybridized carbons (Fsp3) is 0.308. The molecular formula is C13H13Cl2NO2. The van der Waals surface area contributed by atoms with E-state index in [0.717, 1.165) is 18.4 Å². The molecule has 0 atom stereocenters. The number of benzene rings is 1. The first-order valence-corrected chi connectivity index (χ1v) is 6.36. The zero-order valence-corrected chi connectivity index (χ0v) is 11.1. The zero-order chi connectivity index (χ0) is 13.2. The Balaban J connectivity index is 1.97. The van der Waals surface area contributed by atoms with Crippen molar-refractivity contribution in [2.75, 3.05) is 6.61 Å². The molecular weight excluding hydrogens is 273 g/mol. The molecule has 0 aromatic heterocycles. The molecule has 3 nitrogen and oxygen atoms in total. The van der Waals surface area contributed by atoms with Crippen LogP contribution in [0.3, 0.4) is 0 Å². The maximum absolute atomic E-state index is 11.6. The number of carbonyl (C=O) groups excluding carboxylic acids is 1. The smallest absolute Gasteiger partial charge is 0.244 e. The van der Waals surface area contributed by atoms with Crippen molar-refractivity contribution in [1.29, 1.82) is 0 Å². The third-order valence-corrected chi connectivity index (χ3v) is 3.65. The molecule has 0 spiro atoms. The van der Waals surface area contributed by atoms with Crippen molar-refractivity contribution in [2.45, 2.75) is 18.4 Å². The van der Waals surface area contributed by atoms with Gasteiger partial charge in [-0.15, -0.1) is 0 Å². The summed E-state index contributed by atoms with van der Waals surface area (Å²) < 4.78 is 0. The fourth-order valence-electron chi connectivity index (χ4n) is 1.56. The Hall–Kier alpha value is -1.03. The maximum Gasteiger partial charge on any atom is 0.244 e. The lowest BCUT2D eigenvalue weighted by Crippen LogP contribution is -2.38. The molecule has 1 aromatic carbocycles. The Labute approximate surface area is 115 Å². The zero-order valence-electron chi connectivity index (χ0n) is 9.62. The van der Waals surface area contributed by atoms with Gasteiger partial charge in [-0.3, -0.25) is 4.79 Å². The summed E-state index contributed by atoms with van der Waals surface area (Å²) in [6.45, 7) is -0.0145. The maximum atomic E-state index is 11.6. The van der Waals surface area contributed by atoms with Crippen LogP contribution in [-0.2, 0) is 4.79 Å². The minimum Gasteiger partial charge on any atom is -0.394 e. The van der Waals surface area contributed by atoms with Crippen LogP contribution in [0, 0.1) is 0 Å². The van der Waals surface area contributed by atoms with E-state index >= 15 is 0 Å². The third kappa shape index (κ3) is 3.25. The molecule has 0 radical (unpaired) electrons. The average molecular weight is 286 g/mol. The summed E-state index contributed by atoms with van der Waals surface area (Å²) in [5, 5.41) is 12.8. The lowest BCUT2D eigenvalue weighted by atomic mass is 10.2. The number of nitrogens with one attached hydrogen (secondary N) is 1. The summed E-state index contributed by atoms with van der Waals surface area (Å²) >= 11 is 11.7. The molecule has 0 heterocycles. The van der Waals surface area contributed by atoms with Gasteiger partial charge in [0.1, 0.15) is 0 Å². The van der Waals surface area contributed by atoms with Crippen LogP contribution in [0.1, 0.15) is 18.4 Å². The minimum atomic E-state index is -0.390. The monoisotopic (exact) mass is 285 g/mol. The topological polar surface area (TPSA) is 49.3 Å². The van der Waals surface area contributed by atoms with Crippen molar-refractivity contribution in [3.8, 4) is 0 Å². The number of aliphatic hydroxyl groups is 1. The van der Waals surface area contributed by atoms with Crippen LogP contribution in [0.5, 0.6) is 0 Å². The van der Waals surface area contributed by atoms with Crippen molar-refractivity contribution < 1.29 is 9.90 Å². The van der Waals surface area contributed by atoms with E-state index in [9.17, 15) is 4.79 Å². The standard InChI is InChI=1S/C13H13Cl2NO2/c14-10-3-1-9(7-11(10)15)2-4-12(18)16-13(8-17)5-6-13/h1-4,7,17H,5-6,8H2,(H,16,18)/b4-2+. The molecule has 0 saturated heterocycles. The molecule has 1 aromatic rings. The van der Waals surface area contributed by atoms with Gasteiger partial charge in [-0.05, 0) is 36.6 Å². The van der Waals surface area contributed by atoms with E-state index in [0.29, 0.717) is 10.0 Å². The number of halogens is 2. The minimum absolute atomic E-state index is 0.0145. The Bertz CT molecular complexity index is 496. The Morgan fingerprint density at radius 2 is 2.11 bits per heavy atom. The van der Waals surface area contributed by atoms with E-state index in [-0.39, 0.29) is 18.1 Å². The first-order chi connectivity index (χ1) is 8.54. The summed E-state index contributed by atoms with van der Waals surface area (Å²) in [6.07, 6.45) is 4.74. The Morgan fingerprint density at radius 3 is 2.67 bits per heavy atom. The lowest BCUT2D eigenvalue weighted by Gasteiger charge is -2.11. The second-order valence-electron chi connectivity index (χ2n) is 4.43. The van der Waals surface area contributed by atoms with Crippen LogP contribution >= 0.6 is 23.2 Å². The van der Waals surface area contributed by atoms with Crippen molar-refractivity contribution in [1.82, 2.24) is 5.32 Å². The molecule has 18 heavy (non-hydrogen) atoms. The molecule has 5 heteroatoms. The van der Waals surface area contributed by atoms with Crippen LogP contribution in [0.4, 0.5) is 0 Å². The number of rotatable bonds is 4. The van der Waals surface area contributed by atoms with Gasteiger partial charge < -0.3 is 10.4 Å². The molecule has 1 saturated carbocycles. The fourth-order valence-corrected chi connectivity index (χ4v) is 1.87. The van der Waals surface area contributed by atoms with Gasteiger partial charge in [-0.25, -0.2) is 0 Å². The van der Waals surface area contributed by atoms with Crippen LogP contribution in [0.25, 0.3) is 6.08 Å². The average Bonchev–Trinajstić information content (AvgIpc) is 3.11. The molecule has 1 fully saturated rings. The van der Waals surface area contributed by atoms with Crippen molar-refractivity contribution >= 4 is 35.2 Å². The molecule has 0 unspecified atom stereocenters. The van der Waals surface area contributed by atoms with Gasteiger partial charge in [0, 0.05) is 6.08 Å². The molecule has 1 aliphatic rings. The summed E-state index contributed by atoms with van der Waals surface area (Å²) in [5.74, 6) is -0.215. The van der Waals surface area contributed by atoms with Crippen molar-refractivity contribution in [3.63, 3.8) is 0 Å². The molecule has 96 valence electrons. The largest absolute Gasteiger partial charge is 0.394 e. The van der Waals surface area contributed by atoms with Crippen molar-refractivity contribution in [3.05, 3.63) is 39.9 Å². The van der Waals surface area contributed by atoms with E-state index in [1.54, 1.807) is 24.3 Å². The highest BCUT2D eigenvalue weighted by Gasteiger charge is 2.42. The van der Waals surface area contributed by atoms with Gasteiger partial charge in [0.15, 0.2) is 0 Å². The first-order valence-electron chi connectivity index (χ1n) is 5.61. The first kappa shape index (κ1) is 13.4. The van der Waals surface area contributed by atoms with Crippen LogP contribution < -0.4 is 5.32 Å². The van der Waals surface area contributed by atoms with Gasteiger partial charge in [0.05, 0.1) is 22.2 Å². The highest BCUT2D eigenvalue weighted by molar-refractivity contribution is 6.42. The Morgan fingerprint density at radius 1 is 1.39 bits per heavy atom. The van der Waals surface area contributed by atoms with Crippen molar-refractivity contribution in [2.24, 2.45) is 0 Å². The summed E-state index contributed by atoms with van der Waals surface area (Å²) in [5.41, 5.74) is 0.410. The lowest BCUT2D eigenvalue weighted by molar-refractivity contribution is -0.117. The van der Waals surface area contributed by atoms with Gasteiger partial charge >= 0.3 is 0 Å². The van der Waals surface area contributed by atoms with E-state index in [1.165, 1.54) is 6.08 Å². The molecule has 0 aliphatic heterocycles. The third-order valence-electron chi connectivity index (χ3n) is 2.92. The number of hydrogen-bond acceptors (Lipinski definition) is 2. The van der Waals surface area contributed by atoms with Gasteiger partial charge in [0.25, 0.3) is 0 Å². The summed E-state index contributed by atoms with van der Waals surface area (Å²) in [6, 6.07) is 5.14. The number of amides is 1.